The highest BCUT2D eigenvalue weighted by molar-refractivity contribution is 7.17. The van der Waals surface area contributed by atoms with Crippen LogP contribution < -0.4 is 10.6 Å². The number of benzene rings is 2. The summed E-state index contributed by atoms with van der Waals surface area (Å²) in [6.45, 7) is 1.53. The van der Waals surface area contributed by atoms with Gasteiger partial charge in [-0.1, -0.05) is 24.3 Å². The van der Waals surface area contributed by atoms with Crippen LogP contribution in [0.3, 0.4) is 0 Å². The van der Waals surface area contributed by atoms with Crippen molar-refractivity contribution in [1.82, 2.24) is 15.6 Å². The molecule has 0 saturated carbocycles. The van der Waals surface area contributed by atoms with Gasteiger partial charge in [0.25, 0.3) is 11.8 Å². The summed E-state index contributed by atoms with van der Waals surface area (Å²) < 4.78 is 19.9. The number of hydrogen-bond acceptors (Lipinski definition) is 5. The molecule has 2 aromatic carbocycles. The van der Waals surface area contributed by atoms with Gasteiger partial charge in [0.1, 0.15) is 10.7 Å². The van der Waals surface area contributed by atoms with Crippen molar-refractivity contribution in [2.45, 2.75) is 25.4 Å². The zero-order valence-electron chi connectivity index (χ0n) is 18.9. The minimum atomic E-state index is -0.528. The first-order chi connectivity index (χ1) is 17.1. The number of ether oxygens (including phenoxy) is 1. The Hall–Kier alpha value is -3.62. The van der Waals surface area contributed by atoms with Gasteiger partial charge >= 0.3 is 0 Å². The molecule has 8 heteroatoms. The van der Waals surface area contributed by atoms with E-state index in [9.17, 15) is 14.0 Å². The van der Waals surface area contributed by atoms with Gasteiger partial charge in [0.2, 0.25) is 0 Å². The van der Waals surface area contributed by atoms with Crippen molar-refractivity contribution in [1.29, 1.82) is 0 Å². The van der Waals surface area contributed by atoms with Crippen LogP contribution in [0.25, 0.3) is 21.2 Å². The number of nitrogens with zero attached hydrogens (tertiary/aromatic N) is 1. The van der Waals surface area contributed by atoms with Crippen LogP contribution >= 0.6 is 11.3 Å². The maximum Gasteiger partial charge on any atom is 0.264 e. The molecule has 2 amide bonds. The van der Waals surface area contributed by atoms with Crippen LogP contribution in [0.15, 0.2) is 67.0 Å². The Morgan fingerprint density at radius 1 is 1.03 bits per heavy atom. The molecule has 1 aliphatic rings. The molecule has 5 rings (SSSR count). The number of nitrogens with one attached hydrogen (secondary N) is 2. The molecular formula is C27H24FN3O3S. The molecule has 35 heavy (non-hydrogen) atoms. The molecule has 0 spiro atoms. The van der Waals surface area contributed by atoms with E-state index in [2.05, 4.69) is 15.6 Å². The monoisotopic (exact) mass is 489 g/mol. The largest absolute Gasteiger partial charge is 0.381 e. The molecule has 1 aliphatic heterocycles. The Bertz CT molecular complexity index is 1380. The average molecular weight is 490 g/mol. The molecule has 1 saturated heterocycles. The third-order valence-corrected chi connectivity index (χ3v) is 7.17. The van der Waals surface area contributed by atoms with Gasteiger partial charge in [0.05, 0.1) is 0 Å². The zero-order chi connectivity index (χ0) is 24.2. The van der Waals surface area contributed by atoms with E-state index in [1.807, 2.05) is 42.5 Å². The number of carbonyl (C=O) groups excluding carboxylic acids is 2. The summed E-state index contributed by atoms with van der Waals surface area (Å²) >= 11 is 1.13. The molecule has 0 radical (unpaired) electrons. The molecule has 0 aliphatic carbocycles. The fourth-order valence-corrected chi connectivity index (χ4v) is 5.04. The minimum absolute atomic E-state index is 0.00686. The summed E-state index contributed by atoms with van der Waals surface area (Å²) in [5, 5.41) is 7.77. The molecule has 1 fully saturated rings. The molecule has 3 heterocycles. The minimum Gasteiger partial charge on any atom is -0.381 e. The van der Waals surface area contributed by atoms with Crippen LogP contribution in [0.4, 0.5) is 4.39 Å². The Balaban J connectivity index is 1.26. The first-order valence-electron chi connectivity index (χ1n) is 11.5. The number of fused-ring (bicyclic) bond motifs is 1. The Labute approximate surface area is 206 Å². The van der Waals surface area contributed by atoms with Crippen molar-refractivity contribution in [3.8, 4) is 10.4 Å². The molecule has 0 bridgehead atoms. The second kappa shape index (κ2) is 10.3. The van der Waals surface area contributed by atoms with Crippen LogP contribution in [-0.4, -0.2) is 36.1 Å². The van der Waals surface area contributed by atoms with Crippen LogP contribution in [0.1, 0.15) is 38.4 Å². The van der Waals surface area contributed by atoms with Crippen molar-refractivity contribution in [2.24, 2.45) is 0 Å². The summed E-state index contributed by atoms with van der Waals surface area (Å²) in [6, 6.07) is 16.3. The smallest absolute Gasteiger partial charge is 0.264 e. The van der Waals surface area contributed by atoms with E-state index in [-0.39, 0.29) is 22.7 Å². The van der Waals surface area contributed by atoms with Gasteiger partial charge in [-0.15, -0.1) is 11.3 Å². The third-order valence-electron chi connectivity index (χ3n) is 6.02. The maximum atomic E-state index is 14.6. The fraction of sp³-hybridized carbons (Fsp3) is 0.222. The number of hydrogen-bond donors (Lipinski definition) is 2. The highest BCUT2D eigenvalue weighted by Crippen LogP contribution is 2.31. The number of rotatable bonds is 6. The number of carbonyl (C=O) groups is 2. The lowest BCUT2D eigenvalue weighted by molar-refractivity contribution is 0.0696. The van der Waals surface area contributed by atoms with Crippen molar-refractivity contribution in [3.63, 3.8) is 0 Å². The van der Waals surface area contributed by atoms with Crippen molar-refractivity contribution < 1.29 is 18.7 Å². The lowest BCUT2D eigenvalue weighted by atomic mass is 10.1. The maximum absolute atomic E-state index is 14.6. The fourth-order valence-electron chi connectivity index (χ4n) is 4.10. The molecule has 6 nitrogen and oxygen atoms in total. The predicted molar refractivity (Wildman–Crippen MR) is 134 cm³/mol. The van der Waals surface area contributed by atoms with Crippen molar-refractivity contribution in [2.75, 3.05) is 13.2 Å². The highest BCUT2D eigenvalue weighted by Gasteiger charge is 2.22. The van der Waals surface area contributed by atoms with E-state index >= 15 is 0 Å². The van der Waals surface area contributed by atoms with Crippen LogP contribution in [0.2, 0.25) is 0 Å². The topological polar surface area (TPSA) is 80.3 Å². The first kappa shape index (κ1) is 23.1. The number of pyridine rings is 1. The van der Waals surface area contributed by atoms with Gasteiger partial charge < -0.3 is 15.4 Å². The lowest BCUT2D eigenvalue weighted by Crippen LogP contribution is -2.38. The number of amides is 2. The van der Waals surface area contributed by atoms with Gasteiger partial charge in [0, 0.05) is 54.0 Å². The molecule has 178 valence electrons. The summed E-state index contributed by atoms with van der Waals surface area (Å²) in [5.41, 5.74) is 2.24. The van der Waals surface area contributed by atoms with Crippen molar-refractivity contribution >= 4 is 33.9 Å². The van der Waals surface area contributed by atoms with Gasteiger partial charge in [-0.2, -0.15) is 0 Å². The molecule has 4 aromatic rings. The van der Waals surface area contributed by atoms with Crippen LogP contribution in [0.5, 0.6) is 0 Å². The van der Waals surface area contributed by atoms with E-state index < -0.39 is 5.82 Å². The molecule has 0 atom stereocenters. The summed E-state index contributed by atoms with van der Waals surface area (Å²) in [4.78, 5) is 30.1. The Morgan fingerprint density at radius 2 is 1.89 bits per heavy atom. The highest BCUT2D eigenvalue weighted by atomic mass is 32.1. The second-order valence-electron chi connectivity index (χ2n) is 8.47. The quantitative estimate of drug-likeness (QED) is 0.402. The number of aromatic nitrogens is 1. The SMILES string of the molecule is O=C(NCc1cccc(-c2cc(F)c(C(=O)NC3CCOCC3)s2)c1)c1ccc2cnccc2c1. The Kier molecular flexibility index (Phi) is 6.83. The van der Waals surface area contributed by atoms with E-state index in [0.717, 1.165) is 46.1 Å². The standard InChI is InChI=1S/C27H24FN3O3S/c28-23-14-24(35-25(23)27(33)31-22-7-10-34-11-8-22)19-3-1-2-17(12-19)15-30-26(32)20-4-5-21-16-29-9-6-18(21)13-20/h1-6,9,12-14,16,22H,7-8,10-11,15H2,(H,30,32)(H,31,33). The normalized spacial score (nSPS) is 14.1. The van der Waals surface area contributed by atoms with Gasteiger partial charge in [-0.3, -0.25) is 14.6 Å². The van der Waals surface area contributed by atoms with Crippen LogP contribution in [0, 0.1) is 5.82 Å². The van der Waals surface area contributed by atoms with Gasteiger partial charge in [0.15, 0.2) is 0 Å². The van der Waals surface area contributed by atoms with E-state index in [4.69, 9.17) is 4.74 Å². The summed E-state index contributed by atoms with van der Waals surface area (Å²) in [5.74, 6) is -1.09. The third kappa shape index (κ3) is 5.39. The van der Waals surface area contributed by atoms with Gasteiger partial charge in [-0.25, -0.2) is 4.39 Å². The summed E-state index contributed by atoms with van der Waals surface area (Å²) in [7, 11) is 0. The van der Waals surface area contributed by atoms with E-state index in [1.165, 1.54) is 6.07 Å². The predicted octanol–water partition coefficient (Wildman–Crippen LogP) is 4.94. The lowest BCUT2D eigenvalue weighted by Gasteiger charge is -2.22. The molecule has 2 N–H and O–H groups in total. The molecular weight excluding hydrogens is 465 g/mol. The molecule has 2 aromatic heterocycles. The Morgan fingerprint density at radius 3 is 2.74 bits per heavy atom. The number of halogens is 1. The van der Waals surface area contributed by atoms with E-state index in [1.54, 1.807) is 18.5 Å². The molecule has 0 unspecified atom stereocenters. The zero-order valence-corrected chi connectivity index (χ0v) is 19.7. The first-order valence-corrected chi connectivity index (χ1v) is 12.3. The summed E-state index contributed by atoms with van der Waals surface area (Å²) in [6.07, 6.45) is 4.92. The second-order valence-corrected chi connectivity index (χ2v) is 9.52. The average Bonchev–Trinajstić information content (AvgIpc) is 3.29. The van der Waals surface area contributed by atoms with E-state index in [0.29, 0.717) is 30.2 Å². The number of thiophene rings is 1. The van der Waals surface area contributed by atoms with Gasteiger partial charge in [-0.05, 0) is 59.7 Å². The van der Waals surface area contributed by atoms with Crippen molar-refractivity contribution in [3.05, 3.63) is 88.8 Å². The van der Waals surface area contributed by atoms with Crippen LogP contribution in [-0.2, 0) is 11.3 Å².